The molecule has 0 aliphatic heterocycles. The van der Waals surface area contributed by atoms with Gasteiger partial charge in [0.1, 0.15) is 0 Å². The van der Waals surface area contributed by atoms with Gasteiger partial charge in [-0.05, 0) is 90.5 Å². The number of fused-ring (bicyclic) bond motifs is 6. The molecule has 0 radical (unpaired) electrons. The van der Waals surface area contributed by atoms with Crippen LogP contribution in [-0.4, -0.2) is 0 Å². The van der Waals surface area contributed by atoms with Crippen molar-refractivity contribution in [2.75, 3.05) is 0 Å². The van der Waals surface area contributed by atoms with Crippen molar-refractivity contribution in [2.24, 2.45) is 22.7 Å². The van der Waals surface area contributed by atoms with Crippen molar-refractivity contribution in [3.8, 4) is 0 Å². The van der Waals surface area contributed by atoms with Gasteiger partial charge >= 0.3 is 0 Å². The van der Waals surface area contributed by atoms with Crippen LogP contribution in [0.2, 0.25) is 0 Å². The van der Waals surface area contributed by atoms with Crippen LogP contribution in [0.4, 0.5) is 0 Å². The van der Waals surface area contributed by atoms with E-state index in [0.717, 1.165) is 12.8 Å². The van der Waals surface area contributed by atoms with E-state index in [1.54, 1.807) is 11.1 Å². The van der Waals surface area contributed by atoms with Crippen LogP contribution in [0, 0.1) is 22.7 Å². The van der Waals surface area contributed by atoms with Crippen molar-refractivity contribution in [1.29, 1.82) is 0 Å². The van der Waals surface area contributed by atoms with Crippen molar-refractivity contribution < 1.29 is 0 Å². The molecule has 4 aromatic rings. The summed E-state index contributed by atoms with van der Waals surface area (Å²) in [4.78, 5) is 0. The maximum absolute atomic E-state index is 2.44. The fourth-order valence-electron chi connectivity index (χ4n) is 6.73. The summed E-state index contributed by atoms with van der Waals surface area (Å²) in [5, 5.41) is 5.57. The summed E-state index contributed by atoms with van der Waals surface area (Å²) in [6, 6.07) is 27.5. The van der Waals surface area contributed by atoms with Crippen LogP contribution in [-0.2, 0) is 12.8 Å². The van der Waals surface area contributed by atoms with E-state index in [1.165, 1.54) is 43.8 Å². The minimum absolute atomic E-state index is 0.193. The molecule has 172 valence electrons. The molecule has 0 saturated carbocycles. The van der Waals surface area contributed by atoms with Gasteiger partial charge in [0.2, 0.25) is 0 Å². The fraction of sp³-hybridized carbons (Fsp3) is 0.353. The summed E-state index contributed by atoms with van der Waals surface area (Å²) in [5.74, 6) is 1.02. The lowest BCUT2D eigenvalue weighted by atomic mass is 9.69. The molecule has 0 bridgehead atoms. The van der Waals surface area contributed by atoms with Gasteiger partial charge in [0, 0.05) is 0 Å². The topological polar surface area (TPSA) is 0 Å². The zero-order chi connectivity index (χ0) is 23.8. The molecule has 0 heterocycles. The Labute approximate surface area is 204 Å². The van der Waals surface area contributed by atoms with Crippen molar-refractivity contribution in [2.45, 2.75) is 54.4 Å². The summed E-state index contributed by atoms with van der Waals surface area (Å²) < 4.78 is 0. The van der Waals surface area contributed by atoms with Crippen molar-refractivity contribution in [3.63, 3.8) is 0 Å². The molecule has 0 amide bonds. The van der Waals surface area contributed by atoms with Gasteiger partial charge in [0.15, 0.2) is 0 Å². The van der Waals surface area contributed by atoms with Crippen LogP contribution in [0.25, 0.3) is 32.7 Å². The smallest absolute Gasteiger partial charge is 0.00632 e. The molecule has 0 spiro atoms. The van der Waals surface area contributed by atoms with Gasteiger partial charge in [-0.15, -0.1) is 0 Å². The quantitative estimate of drug-likeness (QED) is 0.253. The summed E-state index contributed by atoms with van der Waals surface area (Å²) in [5.41, 5.74) is 9.77. The SMILES string of the molecule is CC(C)(C)[C@H]1Cc2ccc3ccccc3c2/C1=C1/c2c(ccc3ccccc23)C[C@@H]1C(C)(C)C. The van der Waals surface area contributed by atoms with E-state index >= 15 is 0 Å². The standard InChI is InChI=1S/C34H36/c1-33(2,3)27-19-23-17-15-21-11-7-9-13-25(21)29(23)31(27)32-28(34(4,5)6)20-24-18-16-22-12-8-10-14-26(22)30(24)32/h7-18,27-28H,19-20H2,1-6H3/b32-31+/t27-,28-/m0/s1. The van der Waals surface area contributed by atoms with Crippen molar-refractivity contribution >= 4 is 32.7 Å². The molecule has 6 rings (SSSR count). The van der Waals surface area contributed by atoms with Crippen molar-refractivity contribution in [3.05, 3.63) is 95.1 Å². The van der Waals surface area contributed by atoms with Crippen LogP contribution in [0.1, 0.15) is 63.8 Å². The highest BCUT2D eigenvalue weighted by Crippen LogP contribution is 2.58. The third-order valence-corrected chi connectivity index (χ3v) is 8.50. The summed E-state index contributed by atoms with van der Waals surface area (Å²) >= 11 is 0. The zero-order valence-electron chi connectivity index (χ0n) is 21.5. The maximum atomic E-state index is 2.44. The molecule has 34 heavy (non-hydrogen) atoms. The summed E-state index contributed by atoms with van der Waals surface area (Å²) in [6.07, 6.45) is 2.28. The second kappa shape index (κ2) is 7.32. The lowest BCUT2D eigenvalue weighted by Crippen LogP contribution is -2.24. The first-order valence-corrected chi connectivity index (χ1v) is 12.9. The molecule has 0 nitrogen and oxygen atoms in total. The molecular formula is C34H36. The molecule has 2 atom stereocenters. The van der Waals surface area contributed by atoms with Gasteiger partial charge < -0.3 is 0 Å². The van der Waals surface area contributed by atoms with Gasteiger partial charge in [0.25, 0.3) is 0 Å². The molecule has 0 saturated heterocycles. The Morgan fingerprint density at radius 3 is 1.26 bits per heavy atom. The van der Waals surface area contributed by atoms with Crippen LogP contribution < -0.4 is 0 Å². The molecule has 2 aliphatic carbocycles. The predicted octanol–water partition coefficient (Wildman–Crippen LogP) is 9.34. The fourth-order valence-corrected chi connectivity index (χ4v) is 6.73. The number of hydrogen-bond donors (Lipinski definition) is 0. The van der Waals surface area contributed by atoms with Crippen molar-refractivity contribution in [1.82, 2.24) is 0 Å². The van der Waals surface area contributed by atoms with Gasteiger partial charge in [0.05, 0.1) is 0 Å². The van der Waals surface area contributed by atoms with Gasteiger partial charge in [-0.1, -0.05) is 114 Å². The minimum atomic E-state index is 0.193. The Balaban J connectivity index is 1.80. The zero-order valence-corrected chi connectivity index (χ0v) is 21.5. The van der Waals surface area contributed by atoms with E-state index in [9.17, 15) is 0 Å². The van der Waals surface area contributed by atoms with Gasteiger partial charge in [-0.25, -0.2) is 0 Å². The highest BCUT2D eigenvalue weighted by molar-refractivity contribution is 6.10. The van der Waals surface area contributed by atoms with Crippen LogP contribution in [0.15, 0.2) is 72.8 Å². The minimum Gasteiger partial charge on any atom is -0.0616 e. The first-order chi connectivity index (χ1) is 16.1. The number of benzene rings is 4. The predicted molar refractivity (Wildman–Crippen MR) is 148 cm³/mol. The average Bonchev–Trinajstić information content (AvgIpc) is 3.38. The Morgan fingerprint density at radius 2 is 0.882 bits per heavy atom. The summed E-state index contributed by atoms with van der Waals surface area (Å²) in [7, 11) is 0. The average molecular weight is 445 g/mol. The Hall–Kier alpha value is -2.86. The molecule has 4 aromatic carbocycles. The lowest BCUT2D eigenvalue weighted by molar-refractivity contribution is 0.297. The number of rotatable bonds is 0. The van der Waals surface area contributed by atoms with E-state index in [4.69, 9.17) is 0 Å². The molecule has 0 N–H and O–H groups in total. The molecular weight excluding hydrogens is 408 g/mol. The largest absolute Gasteiger partial charge is 0.0616 e. The van der Waals surface area contributed by atoms with Gasteiger partial charge in [-0.3, -0.25) is 0 Å². The molecule has 0 unspecified atom stereocenters. The molecule has 2 aliphatic rings. The van der Waals surface area contributed by atoms with Crippen LogP contribution in [0.5, 0.6) is 0 Å². The maximum Gasteiger partial charge on any atom is -0.00632 e. The van der Waals surface area contributed by atoms with Crippen LogP contribution >= 0.6 is 0 Å². The van der Waals surface area contributed by atoms with E-state index < -0.39 is 0 Å². The third kappa shape index (κ3) is 3.18. The second-order valence-electron chi connectivity index (χ2n) is 12.7. The van der Waals surface area contributed by atoms with E-state index in [2.05, 4.69) is 114 Å². The Bertz CT molecular complexity index is 1350. The van der Waals surface area contributed by atoms with E-state index in [0.29, 0.717) is 11.8 Å². The molecule has 0 aromatic heterocycles. The normalized spacial score (nSPS) is 22.4. The second-order valence-corrected chi connectivity index (χ2v) is 12.7. The lowest BCUT2D eigenvalue weighted by Gasteiger charge is -2.35. The third-order valence-electron chi connectivity index (χ3n) is 8.50. The van der Waals surface area contributed by atoms with E-state index in [-0.39, 0.29) is 10.8 Å². The molecule has 0 fully saturated rings. The first-order valence-electron chi connectivity index (χ1n) is 12.9. The monoisotopic (exact) mass is 444 g/mol. The van der Waals surface area contributed by atoms with Gasteiger partial charge in [-0.2, -0.15) is 0 Å². The Kier molecular flexibility index (Phi) is 4.66. The Morgan fingerprint density at radius 1 is 0.500 bits per heavy atom. The number of allylic oxidation sites excluding steroid dienone is 2. The van der Waals surface area contributed by atoms with Crippen LogP contribution in [0.3, 0.4) is 0 Å². The highest BCUT2D eigenvalue weighted by Gasteiger charge is 2.44. The molecule has 0 heteroatoms. The van der Waals surface area contributed by atoms with E-state index in [1.807, 2.05) is 0 Å². The first kappa shape index (κ1) is 21.7. The summed E-state index contributed by atoms with van der Waals surface area (Å²) in [6.45, 7) is 14.7. The highest BCUT2D eigenvalue weighted by atomic mass is 14.5. The number of hydrogen-bond acceptors (Lipinski definition) is 0.